The molecule has 0 radical (unpaired) electrons. The molecule has 12 nitrogen and oxygen atoms in total. The van der Waals surface area contributed by atoms with Gasteiger partial charge in [-0.05, 0) is 38.0 Å². The van der Waals surface area contributed by atoms with Crippen LogP contribution in [0, 0.1) is 27.2 Å². The van der Waals surface area contributed by atoms with Crippen LogP contribution in [-0.2, 0) is 6.42 Å². The number of nitrogens with one attached hydrogen (secondary N) is 2. The van der Waals surface area contributed by atoms with Gasteiger partial charge in [0.1, 0.15) is 5.76 Å². The van der Waals surface area contributed by atoms with Crippen LogP contribution in [0.3, 0.4) is 0 Å². The molecule has 0 saturated carbocycles. The molecule has 0 saturated heterocycles. The van der Waals surface area contributed by atoms with Crippen molar-refractivity contribution in [2.75, 3.05) is 5.32 Å². The summed E-state index contributed by atoms with van der Waals surface area (Å²) in [6, 6.07) is 10.7. The quantitative estimate of drug-likeness (QED) is 0.397. The Morgan fingerprint density at radius 2 is 1.69 bits per heavy atom. The third kappa shape index (κ3) is 4.90. The largest absolute Gasteiger partial charge is 0.455 e. The van der Waals surface area contributed by atoms with E-state index in [4.69, 9.17) is 4.42 Å². The number of nitro benzene ring substituents is 2. The molecule has 0 spiro atoms. The highest BCUT2D eigenvalue weighted by atomic mass is 16.6. The summed E-state index contributed by atoms with van der Waals surface area (Å²) in [5, 5.41) is 28.6. The summed E-state index contributed by atoms with van der Waals surface area (Å²) in [6.45, 7) is 1.70. The van der Waals surface area contributed by atoms with Crippen molar-refractivity contribution in [3.05, 3.63) is 97.0 Å². The average molecular weight is 477 g/mol. The van der Waals surface area contributed by atoms with E-state index in [9.17, 15) is 29.8 Å². The van der Waals surface area contributed by atoms with Crippen molar-refractivity contribution in [1.29, 1.82) is 0 Å². The average Bonchev–Trinajstić information content (AvgIpc) is 3.20. The third-order valence-electron chi connectivity index (χ3n) is 5.48. The van der Waals surface area contributed by atoms with E-state index in [1.165, 1.54) is 48.5 Å². The van der Waals surface area contributed by atoms with E-state index in [2.05, 4.69) is 15.8 Å². The standard InChI is InChI=1S/C23H19N5O7/c1-13-20-18(25-26-22(29)14-8-10-16(11-9-14)27(31)32)6-3-7-19(20)35-21(13)23(30)24-15-4-2-5-17(12-15)28(33)34/h2,4-5,8-12H,3,6-7H2,1H3,(H,24,30)(H,26,29)/b25-18+. The number of amides is 2. The summed E-state index contributed by atoms with van der Waals surface area (Å²) in [7, 11) is 0. The van der Waals surface area contributed by atoms with Crippen LogP contribution >= 0.6 is 0 Å². The van der Waals surface area contributed by atoms with Gasteiger partial charge in [0.15, 0.2) is 5.76 Å². The molecule has 35 heavy (non-hydrogen) atoms. The molecule has 0 unspecified atom stereocenters. The van der Waals surface area contributed by atoms with E-state index in [-0.39, 0.29) is 28.4 Å². The molecule has 0 bridgehead atoms. The van der Waals surface area contributed by atoms with Gasteiger partial charge in [-0.15, -0.1) is 0 Å². The van der Waals surface area contributed by atoms with Gasteiger partial charge in [0.25, 0.3) is 23.2 Å². The summed E-state index contributed by atoms with van der Waals surface area (Å²) in [6.07, 6.45) is 1.81. The lowest BCUT2D eigenvalue weighted by atomic mass is 9.93. The number of fused-ring (bicyclic) bond motifs is 1. The number of furan rings is 1. The molecule has 2 aromatic carbocycles. The van der Waals surface area contributed by atoms with Gasteiger partial charge in [0.05, 0.1) is 15.6 Å². The predicted octanol–water partition coefficient (Wildman–Crippen LogP) is 4.13. The Labute approximate surface area is 197 Å². The van der Waals surface area contributed by atoms with Crippen LogP contribution in [0.25, 0.3) is 0 Å². The molecule has 3 aromatic rings. The second-order valence-corrected chi connectivity index (χ2v) is 7.77. The van der Waals surface area contributed by atoms with Crippen molar-refractivity contribution >= 4 is 34.6 Å². The molecule has 178 valence electrons. The number of carbonyl (C=O) groups excluding carboxylic acids is 2. The second kappa shape index (κ2) is 9.55. The number of non-ortho nitro benzene ring substituents is 2. The lowest BCUT2D eigenvalue weighted by molar-refractivity contribution is -0.385. The Bertz CT molecular complexity index is 1380. The number of aryl methyl sites for hydroxylation is 1. The van der Waals surface area contributed by atoms with Crippen LogP contribution in [0.2, 0.25) is 0 Å². The minimum absolute atomic E-state index is 0.0535. The highest BCUT2D eigenvalue weighted by molar-refractivity contribution is 6.09. The highest BCUT2D eigenvalue weighted by Crippen LogP contribution is 2.30. The fraction of sp³-hybridized carbons (Fsp3) is 0.174. The molecule has 2 N–H and O–H groups in total. The first kappa shape index (κ1) is 23.3. The van der Waals surface area contributed by atoms with Crippen LogP contribution in [0.4, 0.5) is 17.1 Å². The SMILES string of the molecule is Cc1c(C(=O)Nc2cccc([N+](=O)[O-])c2)oc2c1/C(=N/NC(=O)c1ccc([N+](=O)[O-])cc1)CCC2. The minimum atomic E-state index is -0.563. The normalized spacial score (nSPS) is 13.7. The maximum absolute atomic E-state index is 12.8. The van der Waals surface area contributed by atoms with Crippen molar-refractivity contribution in [3.8, 4) is 0 Å². The van der Waals surface area contributed by atoms with E-state index >= 15 is 0 Å². The van der Waals surface area contributed by atoms with Crippen LogP contribution in [-0.4, -0.2) is 27.4 Å². The van der Waals surface area contributed by atoms with Gasteiger partial charge in [-0.1, -0.05) is 6.07 Å². The number of hydrogen-bond donors (Lipinski definition) is 2. The Hall–Kier alpha value is -4.87. The van der Waals surface area contributed by atoms with Gasteiger partial charge in [0.2, 0.25) is 0 Å². The Morgan fingerprint density at radius 3 is 2.37 bits per heavy atom. The maximum Gasteiger partial charge on any atom is 0.291 e. The number of benzene rings is 2. The molecule has 0 atom stereocenters. The van der Waals surface area contributed by atoms with Crippen molar-refractivity contribution < 1.29 is 23.9 Å². The summed E-state index contributed by atoms with van der Waals surface area (Å²) < 4.78 is 5.80. The summed E-state index contributed by atoms with van der Waals surface area (Å²) in [5.41, 5.74) is 4.33. The van der Waals surface area contributed by atoms with Crippen LogP contribution in [0.1, 0.15) is 50.6 Å². The van der Waals surface area contributed by atoms with Crippen LogP contribution in [0.5, 0.6) is 0 Å². The van der Waals surface area contributed by atoms with Gasteiger partial charge in [-0.25, -0.2) is 5.43 Å². The topological polar surface area (TPSA) is 170 Å². The molecule has 2 amide bonds. The maximum atomic E-state index is 12.8. The molecule has 0 aliphatic heterocycles. The van der Waals surface area contributed by atoms with E-state index in [0.29, 0.717) is 41.9 Å². The second-order valence-electron chi connectivity index (χ2n) is 7.77. The summed E-state index contributed by atoms with van der Waals surface area (Å²) in [4.78, 5) is 45.9. The van der Waals surface area contributed by atoms with Gasteiger partial charge in [-0.2, -0.15) is 5.10 Å². The smallest absolute Gasteiger partial charge is 0.291 e. The Morgan fingerprint density at radius 1 is 0.971 bits per heavy atom. The third-order valence-corrected chi connectivity index (χ3v) is 5.48. The Balaban J connectivity index is 1.54. The minimum Gasteiger partial charge on any atom is -0.455 e. The number of anilines is 1. The van der Waals surface area contributed by atoms with Crippen molar-refractivity contribution in [3.63, 3.8) is 0 Å². The number of hydrazone groups is 1. The van der Waals surface area contributed by atoms with Crippen molar-refractivity contribution in [1.82, 2.24) is 5.43 Å². The highest BCUT2D eigenvalue weighted by Gasteiger charge is 2.28. The first-order valence-corrected chi connectivity index (χ1v) is 10.5. The fourth-order valence-corrected chi connectivity index (χ4v) is 3.80. The molecule has 1 aliphatic carbocycles. The molecule has 1 aliphatic rings. The van der Waals surface area contributed by atoms with Gasteiger partial charge in [0, 0.05) is 53.1 Å². The first-order valence-electron chi connectivity index (χ1n) is 10.5. The number of carbonyl (C=O) groups is 2. The van der Waals surface area contributed by atoms with Crippen LogP contribution in [0.15, 0.2) is 58.0 Å². The molecular weight excluding hydrogens is 458 g/mol. The molecule has 1 heterocycles. The number of rotatable bonds is 6. The van der Waals surface area contributed by atoms with Crippen molar-refractivity contribution in [2.24, 2.45) is 5.10 Å². The summed E-state index contributed by atoms with van der Waals surface area (Å²) >= 11 is 0. The lowest BCUT2D eigenvalue weighted by Crippen LogP contribution is -2.22. The van der Waals surface area contributed by atoms with Gasteiger partial charge < -0.3 is 9.73 Å². The molecule has 0 fully saturated rings. The van der Waals surface area contributed by atoms with Gasteiger partial charge in [-0.3, -0.25) is 29.8 Å². The van der Waals surface area contributed by atoms with Crippen LogP contribution < -0.4 is 10.7 Å². The molecule has 4 rings (SSSR count). The van der Waals surface area contributed by atoms with Crippen molar-refractivity contribution in [2.45, 2.75) is 26.2 Å². The first-order chi connectivity index (χ1) is 16.7. The van der Waals surface area contributed by atoms with E-state index < -0.39 is 21.7 Å². The fourth-order valence-electron chi connectivity index (χ4n) is 3.80. The zero-order chi connectivity index (χ0) is 25.1. The number of hydrogen-bond acceptors (Lipinski definition) is 8. The van der Waals surface area contributed by atoms with E-state index in [0.717, 1.165) is 0 Å². The Kier molecular flexibility index (Phi) is 6.36. The number of nitro groups is 2. The molecule has 1 aromatic heterocycles. The van der Waals surface area contributed by atoms with Gasteiger partial charge >= 0.3 is 0 Å². The molecule has 12 heteroatoms. The predicted molar refractivity (Wildman–Crippen MR) is 125 cm³/mol. The summed E-state index contributed by atoms with van der Waals surface area (Å²) in [5.74, 6) is -0.491. The van der Waals surface area contributed by atoms with E-state index in [1.807, 2.05) is 0 Å². The zero-order valence-corrected chi connectivity index (χ0v) is 18.4. The lowest BCUT2D eigenvalue weighted by Gasteiger charge is -2.13. The molecular formula is C23H19N5O7. The zero-order valence-electron chi connectivity index (χ0n) is 18.4. The monoisotopic (exact) mass is 477 g/mol. The number of nitrogens with zero attached hydrogens (tertiary/aromatic N) is 3. The van der Waals surface area contributed by atoms with E-state index in [1.54, 1.807) is 6.92 Å².